The predicted octanol–water partition coefficient (Wildman–Crippen LogP) is 0.0379. The number of benzene rings is 1. The first-order chi connectivity index (χ1) is 13.6. The molecule has 0 spiro atoms. The van der Waals surface area contributed by atoms with E-state index in [1.54, 1.807) is 35.2 Å². The van der Waals surface area contributed by atoms with Gasteiger partial charge in [0.15, 0.2) is 0 Å². The molecule has 2 saturated heterocycles. The van der Waals surface area contributed by atoms with Gasteiger partial charge in [0.25, 0.3) is 10.2 Å². The molecule has 9 nitrogen and oxygen atoms in total. The number of carbonyl (C=O) groups is 1. The second-order valence-electron chi connectivity index (χ2n) is 7.53. The second-order valence-corrected chi connectivity index (χ2v) is 11.6. The van der Waals surface area contributed by atoms with Gasteiger partial charge in [-0.2, -0.15) is 21.3 Å². The van der Waals surface area contributed by atoms with Crippen LogP contribution in [0.2, 0.25) is 0 Å². The van der Waals surface area contributed by atoms with Crippen LogP contribution in [-0.4, -0.2) is 93.9 Å². The number of piperazine rings is 1. The summed E-state index contributed by atoms with van der Waals surface area (Å²) in [6.45, 7) is 1.66. The van der Waals surface area contributed by atoms with Gasteiger partial charge in [-0.15, -0.1) is 0 Å². The smallest absolute Gasteiger partial charge is 0.281 e. The van der Waals surface area contributed by atoms with Gasteiger partial charge in [0.1, 0.15) is 0 Å². The van der Waals surface area contributed by atoms with E-state index in [1.165, 1.54) is 22.7 Å². The third kappa shape index (κ3) is 4.64. The van der Waals surface area contributed by atoms with E-state index in [2.05, 4.69) is 0 Å². The molecule has 2 aliphatic rings. The van der Waals surface area contributed by atoms with Gasteiger partial charge in [-0.25, -0.2) is 8.42 Å². The zero-order chi connectivity index (χ0) is 21.2. The number of hydrogen-bond acceptors (Lipinski definition) is 5. The summed E-state index contributed by atoms with van der Waals surface area (Å²) in [5.41, 5.74) is 0. The molecule has 2 heterocycles. The Morgan fingerprint density at radius 2 is 1.55 bits per heavy atom. The van der Waals surface area contributed by atoms with Crippen LogP contribution in [0.25, 0.3) is 0 Å². The standard InChI is InChI=1S/C18H28N4O5S2/c1-19(2)29(26,27)22-10-6-7-16(15-22)18(23)20-11-13-21(14-12-20)28(24,25)17-8-4-3-5-9-17/h3-5,8-9,16H,6-7,10-15H2,1-2H3/t16-/m0/s1. The van der Waals surface area contributed by atoms with Crippen molar-refractivity contribution in [3.8, 4) is 0 Å². The first-order valence-corrected chi connectivity index (χ1v) is 12.5. The van der Waals surface area contributed by atoms with Crippen molar-refractivity contribution in [3.63, 3.8) is 0 Å². The van der Waals surface area contributed by atoms with Crippen LogP contribution in [0.15, 0.2) is 35.2 Å². The lowest BCUT2D eigenvalue weighted by atomic mass is 9.98. The maximum atomic E-state index is 12.9. The average molecular weight is 445 g/mol. The number of piperidine rings is 1. The zero-order valence-electron chi connectivity index (χ0n) is 16.8. The first-order valence-electron chi connectivity index (χ1n) is 9.65. The fourth-order valence-electron chi connectivity index (χ4n) is 3.73. The molecule has 1 atom stereocenters. The van der Waals surface area contributed by atoms with Crippen LogP contribution in [0.4, 0.5) is 0 Å². The highest BCUT2D eigenvalue weighted by Gasteiger charge is 2.37. The van der Waals surface area contributed by atoms with Gasteiger partial charge in [-0.05, 0) is 25.0 Å². The molecule has 29 heavy (non-hydrogen) atoms. The first kappa shape index (κ1) is 22.2. The Kier molecular flexibility index (Phi) is 6.64. The number of hydrogen-bond donors (Lipinski definition) is 0. The van der Waals surface area contributed by atoms with Crippen molar-refractivity contribution in [2.24, 2.45) is 5.92 Å². The molecular formula is C18H28N4O5S2. The van der Waals surface area contributed by atoms with E-state index in [0.29, 0.717) is 32.5 Å². The molecule has 2 fully saturated rings. The normalized spacial score (nSPS) is 22.7. The van der Waals surface area contributed by atoms with Crippen molar-refractivity contribution in [2.75, 3.05) is 53.4 Å². The highest BCUT2D eigenvalue weighted by molar-refractivity contribution is 7.89. The summed E-state index contributed by atoms with van der Waals surface area (Å²) in [5.74, 6) is -0.490. The predicted molar refractivity (Wildman–Crippen MR) is 109 cm³/mol. The lowest BCUT2D eigenvalue weighted by molar-refractivity contribution is -0.137. The number of carbonyl (C=O) groups excluding carboxylic acids is 1. The van der Waals surface area contributed by atoms with E-state index < -0.39 is 26.2 Å². The summed E-state index contributed by atoms with van der Waals surface area (Å²) < 4.78 is 54.1. The average Bonchev–Trinajstić information content (AvgIpc) is 2.74. The lowest BCUT2D eigenvalue weighted by Crippen LogP contribution is -2.54. The Morgan fingerprint density at radius 1 is 0.931 bits per heavy atom. The molecule has 0 unspecified atom stereocenters. The highest BCUT2D eigenvalue weighted by atomic mass is 32.2. The van der Waals surface area contributed by atoms with Crippen LogP contribution < -0.4 is 0 Å². The summed E-state index contributed by atoms with van der Waals surface area (Å²) in [5, 5.41) is 0. The minimum Gasteiger partial charge on any atom is -0.340 e. The quantitative estimate of drug-likeness (QED) is 0.639. The van der Waals surface area contributed by atoms with Crippen molar-refractivity contribution in [3.05, 3.63) is 30.3 Å². The van der Waals surface area contributed by atoms with E-state index in [1.807, 2.05) is 0 Å². The lowest BCUT2D eigenvalue weighted by Gasteiger charge is -2.38. The molecule has 162 valence electrons. The van der Waals surface area contributed by atoms with E-state index in [0.717, 1.165) is 4.31 Å². The molecule has 0 bridgehead atoms. The molecule has 2 aliphatic heterocycles. The van der Waals surface area contributed by atoms with Gasteiger partial charge in [0, 0.05) is 53.4 Å². The topological polar surface area (TPSA) is 98.3 Å². The second kappa shape index (κ2) is 8.68. The minimum absolute atomic E-state index is 0.0968. The number of amides is 1. The molecule has 0 saturated carbocycles. The van der Waals surface area contributed by atoms with Crippen LogP contribution >= 0.6 is 0 Å². The summed E-state index contributed by atoms with van der Waals surface area (Å²) in [6, 6.07) is 8.26. The van der Waals surface area contributed by atoms with Gasteiger partial charge in [0.05, 0.1) is 10.8 Å². The number of sulfonamides is 1. The zero-order valence-corrected chi connectivity index (χ0v) is 18.4. The fourth-order valence-corrected chi connectivity index (χ4v) is 6.37. The largest absolute Gasteiger partial charge is 0.340 e. The van der Waals surface area contributed by atoms with Crippen molar-refractivity contribution in [1.29, 1.82) is 0 Å². The van der Waals surface area contributed by atoms with Crippen LogP contribution in [0, 0.1) is 5.92 Å². The van der Waals surface area contributed by atoms with Crippen LogP contribution in [0.5, 0.6) is 0 Å². The van der Waals surface area contributed by atoms with Crippen molar-refractivity contribution < 1.29 is 21.6 Å². The number of nitrogens with zero attached hydrogens (tertiary/aromatic N) is 4. The Hall–Kier alpha value is -1.53. The molecular weight excluding hydrogens is 416 g/mol. The Morgan fingerprint density at radius 3 is 2.14 bits per heavy atom. The fraction of sp³-hybridized carbons (Fsp3) is 0.611. The third-order valence-corrected chi connectivity index (χ3v) is 9.27. The van der Waals surface area contributed by atoms with Crippen LogP contribution in [0.3, 0.4) is 0 Å². The van der Waals surface area contributed by atoms with Gasteiger partial charge < -0.3 is 4.90 Å². The van der Waals surface area contributed by atoms with Gasteiger partial charge in [0.2, 0.25) is 15.9 Å². The van der Waals surface area contributed by atoms with Gasteiger partial charge >= 0.3 is 0 Å². The molecule has 3 rings (SSSR count). The number of rotatable bonds is 5. The third-order valence-electron chi connectivity index (χ3n) is 5.45. The van der Waals surface area contributed by atoms with Crippen molar-refractivity contribution in [1.82, 2.24) is 17.8 Å². The van der Waals surface area contributed by atoms with E-state index in [9.17, 15) is 21.6 Å². The molecule has 0 N–H and O–H groups in total. The van der Waals surface area contributed by atoms with Crippen molar-refractivity contribution >= 4 is 26.1 Å². The molecule has 11 heteroatoms. The maximum Gasteiger partial charge on any atom is 0.281 e. The molecule has 1 amide bonds. The summed E-state index contributed by atoms with van der Waals surface area (Å²) in [7, 11) is -4.16. The molecule has 1 aromatic carbocycles. The Labute approximate surface area is 173 Å². The van der Waals surface area contributed by atoms with Crippen LogP contribution in [-0.2, 0) is 25.0 Å². The Bertz CT molecular complexity index is 926. The van der Waals surface area contributed by atoms with Gasteiger partial charge in [-0.3, -0.25) is 4.79 Å². The molecule has 0 aliphatic carbocycles. The Balaban J connectivity index is 1.62. The highest BCUT2D eigenvalue weighted by Crippen LogP contribution is 2.24. The minimum atomic E-state index is -3.57. The van der Waals surface area contributed by atoms with E-state index in [4.69, 9.17) is 0 Å². The summed E-state index contributed by atoms with van der Waals surface area (Å²) in [6.07, 6.45) is 1.27. The summed E-state index contributed by atoms with van der Waals surface area (Å²) in [4.78, 5) is 14.9. The maximum absolute atomic E-state index is 12.9. The van der Waals surface area contributed by atoms with E-state index in [-0.39, 0.29) is 30.4 Å². The molecule has 1 aromatic rings. The molecule has 0 radical (unpaired) electrons. The molecule has 0 aromatic heterocycles. The summed E-state index contributed by atoms with van der Waals surface area (Å²) >= 11 is 0. The van der Waals surface area contributed by atoms with E-state index >= 15 is 0 Å². The van der Waals surface area contributed by atoms with Crippen LogP contribution in [0.1, 0.15) is 12.8 Å². The SMILES string of the molecule is CN(C)S(=O)(=O)N1CCC[C@H](C(=O)N2CCN(S(=O)(=O)c3ccccc3)CC2)C1. The van der Waals surface area contributed by atoms with Gasteiger partial charge in [-0.1, -0.05) is 18.2 Å². The monoisotopic (exact) mass is 444 g/mol. The van der Waals surface area contributed by atoms with Crippen molar-refractivity contribution in [2.45, 2.75) is 17.7 Å².